The topological polar surface area (TPSA) is 24.4 Å². The maximum Gasteiger partial charge on any atom is 0.416 e. The third-order valence-corrected chi connectivity index (χ3v) is 4.64. The van der Waals surface area contributed by atoms with Gasteiger partial charge >= 0.3 is 6.18 Å². The summed E-state index contributed by atoms with van der Waals surface area (Å²) in [7, 11) is 0. The van der Waals surface area contributed by atoms with Gasteiger partial charge in [0.1, 0.15) is 0 Å². The Labute approximate surface area is 172 Å². The Balaban J connectivity index is 3.55. The van der Waals surface area contributed by atoms with Gasteiger partial charge < -0.3 is 5.32 Å². The summed E-state index contributed by atoms with van der Waals surface area (Å²) in [5.74, 6) is 0. The van der Waals surface area contributed by atoms with Crippen LogP contribution in [0.3, 0.4) is 0 Å². The van der Waals surface area contributed by atoms with Crippen molar-refractivity contribution in [2.24, 2.45) is 4.99 Å². The van der Waals surface area contributed by atoms with Gasteiger partial charge in [-0.1, -0.05) is 56.0 Å². The molecule has 0 radical (unpaired) electrons. The minimum absolute atomic E-state index is 0.300. The second-order valence-corrected chi connectivity index (χ2v) is 6.84. The third-order valence-electron chi connectivity index (χ3n) is 4.64. The number of rotatable bonds is 10. The molecule has 1 aromatic carbocycles. The molecule has 1 atom stereocenters. The van der Waals surface area contributed by atoms with E-state index in [1.54, 1.807) is 18.4 Å². The summed E-state index contributed by atoms with van der Waals surface area (Å²) in [6.45, 7) is 12.5. The molecule has 1 N–H and O–H groups in total. The molecule has 0 bridgehead atoms. The zero-order valence-corrected chi connectivity index (χ0v) is 17.7. The van der Waals surface area contributed by atoms with Crippen molar-refractivity contribution in [3.05, 3.63) is 83.5 Å². The fourth-order valence-electron chi connectivity index (χ4n) is 2.99. The molecule has 158 valence electrons. The first-order chi connectivity index (χ1) is 13.7. The summed E-state index contributed by atoms with van der Waals surface area (Å²) in [6.07, 6.45) is 7.20. The van der Waals surface area contributed by atoms with Crippen molar-refractivity contribution < 1.29 is 13.2 Å². The van der Waals surface area contributed by atoms with Gasteiger partial charge in [-0.2, -0.15) is 13.2 Å². The molecule has 0 aliphatic rings. The van der Waals surface area contributed by atoms with E-state index in [1.165, 1.54) is 12.1 Å². The fourth-order valence-corrected chi connectivity index (χ4v) is 2.99. The summed E-state index contributed by atoms with van der Waals surface area (Å²) < 4.78 is 40.0. The molecule has 0 saturated heterocycles. The minimum Gasteiger partial charge on any atom is -0.306 e. The van der Waals surface area contributed by atoms with Gasteiger partial charge in [-0.05, 0) is 62.6 Å². The molecule has 0 aliphatic carbocycles. The highest BCUT2D eigenvalue weighted by Gasteiger charge is 2.35. The smallest absolute Gasteiger partial charge is 0.306 e. The highest BCUT2D eigenvalue weighted by atomic mass is 19.4. The van der Waals surface area contributed by atoms with Crippen molar-refractivity contribution in [1.29, 1.82) is 0 Å². The van der Waals surface area contributed by atoms with Crippen LogP contribution in [0.1, 0.15) is 45.2 Å². The number of aliphatic imine (C=N–C) groups is 1. The number of benzene rings is 1. The number of hydrogen-bond acceptors (Lipinski definition) is 2. The molecule has 0 amide bonds. The maximum absolute atomic E-state index is 13.3. The van der Waals surface area contributed by atoms with Crippen LogP contribution in [0.15, 0.2) is 77.4 Å². The van der Waals surface area contributed by atoms with Crippen molar-refractivity contribution in [3.8, 4) is 0 Å². The Bertz CT molecular complexity index is 786. The number of nitrogens with zero attached hydrogens (tertiary/aromatic N) is 1. The first-order valence-corrected chi connectivity index (χ1v) is 9.72. The molecule has 2 nitrogen and oxygen atoms in total. The number of alkyl halides is 3. The largest absolute Gasteiger partial charge is 0.416 e. The fraction of sp³-hybridized carbons (Fsp3) is 0.375. The molecule has 0 aromatic heterocycles. The first-order valence-electron chi connectivity index (χ1n) is 9.72. The lowest BCUT2D eigenvalue weighted by molar-refractivity contribution is -0.137. The van der Waals surface area contributed by atoms with Gasteiger partial charge in [-0.25, -0.2) is 0 Å². The van der Waals surface area contributed by atoms with Gasteiger partial charge in [0.2, 0.25) is 0 Å². The molecular weight excluding hydrogens is 373 g/mol. The lowest BCUT2D eigenvalue weighted by atomic mass is 9.82. The zero-order valence-electron chi connectivity index (χ0n) is 17.7. The Morgan fingerprint density at radius 3 is 2.45 bits per heavy atom. The van der Waals surface area contributed by atoms with Crippen LogP contribution in [0.25, 0.3) is 0 Å². The van der Waals surface area contributed by atoms with E-state index < -0.39 is 17.3 Å². The second kappa shape index (κ2) is 11.6. The Morgan fingerprint density at radius 1 is 1.21 bits per heavy atom. The average Bonchev–Trinajstić information content (AvgIpc) is 2.70. The number of halogens is 3. The predicted octanol–water partition coefficient (Wildman–Crippen LogP) is 6.63. The van der Waals surface area contributed by atoms with Crippen molar-refractivity contribution in [1.82, 2.24) is 5.32 Å². The number of hydrogen-bond donors (Lipinski definition) is 1. The maximum atomic E-state index is 13.3. The van der Waals surface area contributed by atoms with Crippen molar-refractivity contribution in [2.45, 2.75) is 45.8 Å². The molecule has 5 heteroatoms. The van der Waals surface area contributed by atoms with E-state index >= 15 is 0 Å². The van der Waals surface area contributed by atoms with Crippen LogP contribution in [-0.2, 0) is 11.7 Å². The normalized spacial score (nSPS) is 15.8. The molecule has 0 saturated carbocycles. The van der Waals surface area contributed by atoms with E-state index in [4.69, 9.17) is 0 Å². The zero-order chi connectivity index (χ0) is 21.9. The van der Waals surface area contributed by atoms with E-state index in [2.05, 4.69) is 16.9 Å². The second-order valence-electron chi connectivity index (χ2n) is 6.84. The molecule has 29 heavy (non-hydrogen) atoms. The molecule has 0 spiro atoms. The highest BCUT2D eigenvalue weighted by Crippen LogP contribution is 2.35. The standard InChI is InChI=1S/C24H31F3N2/c1-6-10-12-20(8-3)16-23(29-9-4,18-28-17-19(5)7-2)21-13-11-14-22(15-21)24(25,26)27/h6-8,10-15,17,29H,3,9,16,18H2,1-2,4-5H3/b10-6-,19-7-,20-12+,28-17?. The van der Waals surface area contributed by atoms with E-state index in [9.17, 15) is 13.2 Å². The predicted molar refractivity (Wildman–Crippen MR) is 117 cm³/mol. The molecule has 0 heterocycles. The van der Waals surface area contributed by atoms with Crippen LogP contribution in [-0.4, -0.2) is 19.3 Å². The Morgan fingerprint density at radius 2 is 1.90 bits per heavy atom. The lowest BCUT2D eigenvalue weighted by Crippen LogP contribution is -2.45. The number of allylic oxidation sites excluding steroid dienone is 6. The summed E-state index contributed by atoms with van der Waals surface area (Å²) in [4.78, 5) is 4.55. The van der Waals surface area contributed by atoms with E-state index in [1.807, 2.05) is 52.0 Å². The summed E-state index contributed by atoms with van der Waals surface area (Å²) in [5, 5.41) is 3.41. The molecule has 0 fully saturated rings. The monoisotopic (exact) mass is 404 g/mol. The molecule has 1 rings (SSSR count). The van der Waals surface area contributed by atoms with Gasteiger partial charge in [0.05, 0.1) is 17.6 Å². The highest BCUT2D eigenvalue weighted by molar-refractivity contribution is 5.77. The van der Waals surface area contributed by atoms with Gasteiger partial charge in [-0.3, -0.25) is 4.99 Å². The SMILES string of the molecule is C=C/C(=C\C=C/C)CC(CN=C/C(C)=C\C)(NCC)c1cccc(C(F)(F)F)c1. The first kappa shape index (κ1) is 24.6. The van der Waals surface area contributed by atoms with E-state index in [0.29, 0.717) is 25.1 Å². The van der Waals surface area contributed by atoms with Crippen LogP contribution in [0.4, 0.5) is 13.2 Å². The van der Waals surface area contributed by atoms with Gasteiger partial charge in [0.25, 0.3) is 0 Å². The van der Waals surface area contributed by atoms with Gasteiger partial charge in [-0.15, -0.1) is 0 Å². The summed E-state index contributed by atoms with van der Waals surface area (Å²) in [5.41, 5.74) is 1.01. The molecule has 1 aromatic rings. The third kappa shape index (κ3) is 7.50. The number of nitrogens with one attached hydrogen (secondary N) is 1. The van der Waals surface area contributed by atoms with Crippen LogP contribution in [0.2, 0.25) is 0 Å². The van der Waals surface area contributed by atoms with Crippen LogP contribution >= 0.6 is 0 Å². The Hall–Kier alpha value is -2.40. The average molecular weight is 405 g/mol. The van der Waals surface area contributed by atoms with Crippen molar-refractivity contribution >= 4 is 6.21 Å². The van der Waals surface area contributed by atoms with E-state index in [0.717, 1.165) is 17.2 Å². The van der Waals surface area contributed by atoms with Crippen molar-refractivity contribution in [3.63, 3.8) is 0 Å². The minimum atomic E-state index is -4.40. The van der Waals surface area contributed by atoms with Gasteiger partial charge in [0, 0.05) is 6.21 Å². The van der Waals surface area contributed by atoms with Crippen LogP contribution < -0.4 is 5.32 Å². The quantitative estimate of drug-likeness (QED) is 0.344. The molecule has 0 aliphatic heterocycles. The van der Waals surface area contributed by atoms with Crippen molar-refractivity contribution in [2.75, 3.05) is 13.1 Å². The number of likely N-dealkylation sites (N-methyl/N-ethyl adjacent to an activating group) is 1. The van der Waals surface area contributed by atoms with Crippen LogP contribution in [0.5, 0.6) is 0 Å². The molecule has 1 unspecified atom stereocenters. The van der Waals surface area contributed by atoms with Gasteiger partial charge in [0.15, 0.2) is 0 Å². The summed E-state index contributed by atoms with van der Waals surface area (Å²) in [6, 6.07) is 5.50. The summed E-state index contributed by atoms with van der Waals surface area (Å²) >= 11 is 0. The lowest BCUT2D eigenvalue weighted by Gasteiger charge is -2.35. The van der Waals surface area contributed by atoms with Crippen LogP contribution in [0, 0.1) is 0 Å². The Kier molecular flexibility index (Phi) is 9.83. The van der Waals surface area contributed by atoms with E-state index in [-0.39, 0.29) is 0 Å². The molecular formula is C24H31F3N2.